The van der Waals surface area contributed by atoms with E-state index in [-0.39, 0.29) is 18.3 Å². The van der Waals surface area contributed by atoms with Crippen LogP contribution in [0.2, 0.25) is 0 Å². The number of para-hydroxylation sites is 1. The summed E-state index contributed by atoms with van der Waals surface area (Å²) in [4.78, 5) is 13.6. The van der Waals surface area contributed by atoms with Gasteiger partial charge in [0, 0.05) is 21.3 Å². The Kier molecular flexibility index (Phi) is 5.30. The van der Waals surface area contributed by atoms with E-state index < -0.39 is 0 Å². The molecule has 0 spiro atoms. The average Bonchev–Trinajstić information content (AvgIpc) is 3.48. The quantitative estimate of drug-likeness (QED) is 0.404. The molecule has 1 N–H and O–H groups in total. The lowest BCUT2D eigenvalue weighted by Gasteiger charge is -2.10. The molecule has 0 radical (unpaired) electrons. The lowest BCUT2D eigenvalue weighted by molar-refractivity contribution is 0.102. The highest BCUT2D eigenvalue weighted by molar-refractivity contribution is 7.21. The van der Waals surface area contributed by atoms with Crippen LogP contribution in [-0.2, 0) is 6.61 Å². The maximum atomic E-state index is 14.7. The third-order valence-electron chi connectivity index (χ3n) is 4.81. The first kappa shape index (κ1) is 19.8. The van der Waals surface area contributed by atoms with Crippen molar-refractivity contribution in [2.75, 3.05) is 5.32 Å². The minimum Gasteiger partial charge on any atom is -0.489 e. The summed E-state index contributed by atoms with van der Waals surface area (Å²) in [5, 5.41) is 14.4. The van der Waals surface area contributed by atoms with Gasteiger partial charge in [0.15, 0.2) is 0 Å². The molecular weight excluding hydrogens is 429 g/mol. The number of aromatic nitrogens is 4. The number of halogens is 1. The van der Waals surface area contributed by atoms with Crippen LogP contribution in [0.4, 0.5) is 10.1 Å². The molecule has 0 aliphatic rings. The van der Waals surface area contributed by atoms with E-state index in [1.165, 1.54) is 28.4 Å². The fourth-order valence-corrected chi connectivity index (χ4v) is 4.47. The number of benzene rings is 3. The van der Waals surface area contributed by atoms with Crippen molar-refractivity contribution in [3.8, 4) is 11.4 Å². The Labute approximate surface area is 186 Å². The van der Waals surface area contributed by atoms with Gasteiger partial charge in [-0.3, -0.25) is 4.79 Å². The number of carbonyl (C=O) groups excluding carboxylic acids is 1. The summed E-state index contributed by atoms with van der Waals surface area (Å²) in [6, 6.07) is 21.2. The maximum absolute atomic E-state index is 14.7. The Morgan fingerprint density at radius 3 is 2.72 bits per heavy atom. The van der Waals surface area contributed by atoms with E-state index in [2.05, 4.69) is 20.8 Å². The smallest absolute Gasteiger partial charge is 0.266 e. The maximum Gasteiger partial charge on any atom is 0.266 e. The second-order valence-electron chi connectivity index (χ2n) is 6.88. The molecule has 1 amide bonds. The Balaban J connectivity index is 1.47. The molecular formula is C23H16FN5O2S. The van der Waals surface area contributed by atoms with Crippen LogP contribution in [0.1, 0.15) is 15.2 Å². The zero-order valence-electron chi connectivity index (χ0n) is 16.6. The molecule has 9 heteroatoms. The van der Waals surface area contributed by atoms with Gasteiger partial charge in [-0.05, 0) is 52.9 Å². The predicted molar refractivity (Wildman–Crippen MR) is 120 cm³/mol. The van der Waals surface area contributed by atoms with Gasteiger partial charge < -0.3 is 10.1 Å². The molecule has 0 bridgehead atoms. The van der Waals surface area contributed by atoms with Gasteiger partial charge in [0.25, 0.3) is 5.91 Å². The van der Waals surface area contributed by atoms with E-state index in [4.69, 9.17) is 4.74 Å². The number of anilines is 1. The van der Waals surface area contributed by atoms with Crippen LogP contribution in [-0.4, -0.2) is 26.1 Å². The Morgan fingerprint density at radius 2 is 1.91 bits per heavy atom. The molecule has 2 heterocycles. The number of thiophene rings is 1. The fourth-order valence-electron chi connectivity index (χ4n) is 3.35. The second kappa shape index (κ2) is 8.56. The van der Waals surface area contributed by atoms with Crippen molar-refractivity contribution in [3.05, 3.63) is 95.4 Å². The second-order valence-corrected chi connectivity index (χ2v) is 7.94. The molecule has 0 unspecified atom stereocenters. The van der Waals surface area contributed by atoms with Crippen LogP contribution >= 0.6 is 11.3 Å². The predicted octanol–water partition coefficient (Wildman–Crippen LogP) is 4.85. The highest BCUT2D eigenvalue weighted by atomic mass is 32.1. The molecule has 0 fully saturated rings. The van der Waals surface area contributed by atoms with E-state index in [1.807, 2.05) is 36.4 Å². The molecule has 158 valence electrons. The van der Waals surface area contributed by atoms with Crippen molar-refractivity contribution in [3.63, 3.8) is 0 Å². The van der Waals surface area contributed by atoms with Crippen LogP contribution < -0.4 is 10.1 Å². The van der Waals surface area contributed by atoms with Gasteiger partial charge in [0.2, 0.25) is 0 Å². The summed E-state index contributed by atoms with van der Waals surface area (Å²) in [7, 11) is 0. The van der Waals surface area contributed by atoms with Gasteiger partial charge in [-0.2, -0.15) is 0 Å². The number of amides is 1. The number of hydrogen-bond donors (Lipinski definition) is 1. The fraction of sp³-hybridized carbons (Fsp3) is 0.0435. The number of fused-ring (bicyclic) bond motifs is 1. The van der Waals surface area contributed by atoms with Gasteiger partial charge in [-0.1, -0.05) is 30.3 Å². The first-order valence-corrected chi connectivity index (χ1v) is 10.5. The lowest BCUT2D eigenvalue weighted by atomic mass is 10.1. The van der Waals surface area contributed by atoms with Crippen molar-refractivity contribution in [2.45, 2.75) is 6.61 Å². The monoisotopic (exact) mass is 445 g/mol. The Hall–Kier alpha value is -4.11. The van der Waals surface area contributed by atoms with Gasteiger partial charge in [0.1, 0.15) is 29.4 Å². The molecule has 0 saturated heterocycles. The molecule has 0 aliphatic heterocycles. The van der Waals surface area contributed by atoms with Gasteiger partial charge >= 0.3 is 0 Å². The number of nitrogens with zero attached hydrogens (tertiary/aromatic N) is 4. The number of tetrazole rings is 1. The SMILES string of the molecule is O=C(Nc1cccc(-n2cnnn2)c1)c1sc2cccc(F)c2c1COc1ccccc1. The minimum absolute atomic E-state index is 0.0678. The third kappa shape index (κ3) is 3.93. The summed E-state index contributed by atoms with van der Waals surface area (Å²) in [5.74, 6) is -0.0834. The highest BCUT2D eigenvalue weighted by Crippen LogP contribution is 2.34. The van der Waals surface area contributed by atoms with Crippen molar-refractivity contribution in [1.82, 2.24) is 20.2 Å². The molecule has 5 aromatic rings. The minimum atomic E-state index is -0.384. The summed E-state index contributed by atoms with van der Waals surface area (Å²) >= 11 is 1.23. The number of ether oxygens (including phenoxy) is 1. The topological polar surface area (TPSA) is 81.9 Å². The zero-order chi connectivity index (χ0) is 21.9. The van der Waals surface area contributed by atoms with E-state index in [1.54, 1.807) is 30.3 Å². The number of rotatable bonds is 6. The molecule has 0 saturated carbocycles. The Bertz CT molecular complexity index is 1390. The summed E-state index contributed by atoms with van der Waals surface area (Å²) < 4.78 is 22.7. The largest absolute Gasteiger partial charge is 0.489 e. The highest BCUT2D eigenvalue weighted by Gasteiger charge is 2.21. The van der Waals surface area contributed by atoms with Crippen LogP contribution in [0, 0.1) is 5.82 Å². The van der Waals surface area contributed by atoms with E-state index in [0.717, 1.165) is 0 Å². The van der Waals surface area contributed by atoms with Crippen LogP contribution in [0.15, 0.2) is 79.1 Å². The van der Waals surface area contributed by atoms with E-state index in [9.17, 15) is 9.18 Å². The molecule has 32 heavy (non-hydrogen) atoms. The number of carbonyl (C=O) groups is 1. The normalized spacial score (nSPS) is 10.9. The molecule has 2 aromatic heterocycles. The average molecular weight is 445 g/mol. The molecule has 0 atom stereocenters. The van der Waals surface area contributed by atoms with E-state index in [0.29, 0.717) is 37.7 Å². The standard InChI is InChI=1S/C23H16FN5O2S/c24-19-10-5-11-20-21(19)18(13-31-17-8-2-1-3-9-17)22(32-20)23(30)26-15-6-4-7-16(12-15)29-14-25-27-28-29/h1-12,14H,13H2,(H,26,30). The number of hydrogen-bond acceptors (Lipinski definition) is 6. The third-order valence-corrected chi connectivity index (χ3v) is 6.01. The van der Waals surface area contributed by atoms with Gasteiger partial charge in [-0.15, -0.1) is 16.4 Å². The Morgan fingerprint density at radius 1 is 1.06 bits per heavy atom. The molecule has 5 rings (SSSR count). The molecule has 7 nitrogen and oxygen atoms in total. The van der Waals surface area contributed by atoms with E-state index >= 15 is 0 Å². The van der Waals surface area contributed by atoms with Crippen LogP contribution in [0.3, 0.4) is 0 Å². The summed E-state index contributed by atoms with van der Waals surface area (Å²) in [5.41, 5.74) is 1.78. The van der Waals surface area contributed by atoms with Crippen molar-refractivity contribution < 1.29 is 13.9 Å². The molecule has 3 aromatic carbocycles. The van der Waals surface area contributed by atoms with Crippen molar-refractivity contribution >= 4 is 33.0 Å². The lowest BCUT2D eigenvalue weighted by Crippen LogP contribution is -2.13. The number of nitrogens with one attached hydrogen (secondary N) is 1. The summed E-state index contributed by atoms with van der Waals surface area (Å²) in [6.45, 7) is 0.0678. The van der Waals surface area contributed by atoms with Crippen molar-refractivity contribution in [1.29, 1.82) is 0 Å². The first-order valence-electron chi connectivity index (χ1n) is 9.71. The first-order chi connectivity index (χ1) is 15.7. The summed E-state index contributed by atoms with van der Waals surface area (Å²) in [6.07, 6.45) is 1.47. The zero-order valence-corrected chi connectivity index (χ0v) is 17.4. The van der Waals surface area contributed by atoms with Gasteiger partial charge in [-0.25, -0.2) is 9.07 Å². The van der Waals surface area contributed by atoms with Crippen LogP contribution in [0.25, 0.3) is 15.8 Å². The van der Waals surface area contributed by atoms with Crippen molar-refractivity contribution in [2.24, 2.45) is 0 Å². The van der Waals surface area contributed by atoms with Crippen LogP contribution in [0.5, 0.6) is 5.75 Å². The molecule has 0 aliphatic carbocycles. The van der Waals surface area contributed by atoms with Gasteiger partial charge in [0.05, 0.1) is 5.69 Å².